The van der Waals surface area contributed by atoms with E-state index in [1.54, 1.807) is 11.8 Å². The molecule has 0 saturated carbocycles. The van der Waals surface area contributed by atoms with Gasteiger partial charge in [-0.25, -0.2) is 4.79 Å². The fraction of sp³-hybridized carbons (Fsp3) is 0.500. The van der Waals surface area contributed by atoms with Crippen LogP contribution in [0.1, 0.15) is 18.9 Å². The Bertz CT molecular complexity index is 763. The van der Waals surface area contributed by atoms with Crippen molar-refractivity contribution >= 4 is 22.9 Å². The third kappa shape index (κ3) is 3.75. The maximum absolute atomic E-state index is 12.4. The fourth-order valence-electron chi connectivity index (χ4n) is 3.14. The third-order valence-electron chi connectivity index (χ3n) is 4.60. The van der Waals surface area contributed by atoms with Crippen LogP contribution in [0.15, 0.2) is 24.4 Å². The molecule has 0 aliphatic carbocycles. The van der Waals surface area contributed by atoms with Gasteiger partial charge >= 0.3 is 6.09 Å². The summed E-state index contributed by atoms with van der Waals surface area (Å²) >= 11 is 0. The Balaban J connectivity index is 1.53. The Kier molecular flexibility index (Phi) is 5.21. The molecule has 0 bridgehead atoms. The van der Waals surface area contributed by atoms with Crippen LogP contribution in [0.4, 0.5) is 4.79 Å². The Morgan fingerprint density at radius 2 is 1.88 bits per heavy atom. The molecular weight excluding hydrogens is 320 g/mol. The van der Waals surface area contributed by atoms with Crippen molar-refractivity contribution in [1.29, 1.82) is 0 Å². The van der Waals surface area contributed by atoms with Crippen LogP contribution in [0.5, 0.6) is 0 Å². The molecular formula is C18H24N4O3. The molecule has 2 aromatic rings. The summed E-state index contributed by atoms with van der Waals surface area (Å²) in [7, 11) is 0. The topological polar surface area (TPSA) is 67.7 Å². The zero-order valence-electron chi connectivity index (χ0n) is 14.8. The van der Waals surface area contributed by atoms with Crippen molar-refractivity contribution in [3.8, 4) is 0 Å². The second-order valence-electron chi connectivity index (χ2n) is 6.19. The quantitative estimate of drug-likeness (QED) is 0.851. The summed E-state index contributed by atoms with van der Waals surface area (Å²) in [6.07, 6.45) is 1.96. The van der Waals surface area contributed by atoms with Gasteiger partial charge in [-0.2, -0.15) is 5.10 Å². The van der Waals surface area contributed by atoms with E-state index in [1.807, 2.05) is 27.9 Å². The molecule has 3 rings (SSSR count). The molecule has 1 saturated heterocycles. The number of piperazine rings is 1. The highest BCUT2D eigenvalue weighted by Crippen LogP contribution is 2.18. The van der Waals surface area contributed by atoms with Crippen LogP contribution in [-0.4, -0.2) is 64.4 Å². The highest BCUT2D eigenvalue weighted by atomic mass is 16.6. The van der Waals surface area contributed by atoms with E-state index in [4.69, 9.17) is 4.74 Å². The van der Waals surface area contributed by atoms with Crippen LogP contribution in [-0.2, 0) is 16.1 Å². The first-order valence-corrected chi connectivity index (χ1v) is 8.70. The number of rotatable bonds is 4. The van der Waals surface area contributed by atoms with Crippen molar-refractivity contribution in [2.45, 2.75) is 26.8 Å². The lowest BCUT2D eigenvalue weighted by Crippen LogP contribution is -2.50. The SMILES string of the molecule is CCOC(=O)N1CCN(C(=O)CCn2ncc3c(C)cccc32)CC1. The molecule has 0 spiro atoms. The summed E-state index contributed by atoms with van der Waals surface area (Å²) in [6, 6.07) is 6.09. The molecule has 134 valence electrons. The minimum atomic E-state index is -0.298. The first kappa shape index (κ1) is 17.3. The zero-order chi connectivity index (χ0) is 17.8. The molecule has 1 aliphatic heterocycles. The molecule has 2 heterocycles. The number of amides is 2. The Labute approximate surface area is 147 Å². The summed E-state index contributed by atoms with van der Waals surface area (Å²) < 4.78 is 6.88. The smallest absolute Gasteiger partial charge is 0.409 e. The van der Waals surface area contributed by atoms with Crippen LogP contribution >= 0.6 is 0 Å². The van der Waals surface area contributed by atoms with E-state index in [0.717, 1.165) is 10.9 Å². The average molecular weight is 344 g/mol. The number of hydrogen-bond donors (Lipinski definition) is 0. The van der Waals surface area contributed by atoms with Gasteiger partial charge in [0.05, 0.1) is 24.9 Å². The highest BCUT2D eigenvalue weighted by molar-refractivity contribution is 5.82. The number of hydrogen-bond acceptors (Lipinski definition) is 4. The lowest BCUT2D eigenvalue weighted by atomic mass is 10.1. The second-order valence-corrected chi connectivity index (χ2v) is 6.19. The molecule has 1 fully saturated rings. The predicted molar refractivity (Wildman–Crippen MR) is 94.3 cm³/mol. The minimum Gasteiger partial charge on any atom is -0.450 e. The number of nitrogens with zero attached hydrogens (tertiary/aromatic N) is 4. The lowest BCUT2D eigenvalue weighted by molar-refractivity contribution is -0.133. The van der Waals surface area contributed by atoms with Gasteiger partial charge in [-0.1, -0.05) is 12.1 Å². The third-order valence-corrected chi connectivity index (χ3v) is 4.60. The summed E-state index contributed by atoms with van der Waals surface area (Å²) in [5.74, 6) is 0.0970. The summed E-state index contributed by atoms with van der Waals surface area (Å²) in [4.78, 5) is 27.6. The molecule has 1 aromatic carbocycles. The van der Waals surface area contributed by atoms with Gasteiger partial charge in [-0.05, 0) is 25.5 Å². The van der Waals surface area contributed by atoms with Crippen LogP contribution < -0.4 is 0 Å². The second kappa shape index (κ2) is 7.55. The number of benzene rings is 1. The van der Waals surface area contributed by atoms with Gasteiger partial charge in [-0.3, -0.25) is 9.48 Å². The Morgan fingerprint density at radius 1 is 1.16 bits per heavy atom. The molecule has 0 radical (unpaired) electrons. The van der Waals surface area contributed by atoms with E-state index < -0.39 is 0 Å². The molecule has 0 N–H and O–H groups in total. The van der Waals surface area contributed by atoms with E-state index in [2.05, 4.69) is 18.1 Å². The van der Waals surface area contributed by atoms with Gasteiger partial charge in [0.15, 0.2) is 0 Å². The van der Waals surface area contributed by atoms with E-state index in [0.29, 0.717) is 45.8 Å². The average Bonchev–Trinajstić information content (AvgIpc) is 3.04. The molecule has 0 atom stereocenters. The normalized spacial score (nSPS) is 14.8. The molecule has 7 nitrogen and oxygen atoms in total. The maximum Gasteiger partial charge on any atom is 0.409 e. The van der Waals surface area contributed by atoms with Crippen molar-refractivity contribution < 1.29 is 14.3 Å². The summed E-state index contributed by atoms with van der Waals surface area (Å²) in [6.45, 7) is 6.93. The Hall–Kier alpha value is -2.57. The first-order valence-electron chi connectivity index (χ1n) is 8.70. The van der Waals surface area contributed by atoms with Crippen LogP contribution in [0.25, 0.3) is 10.9 Å². The van der Waals surface area contributed by atoms with E-state index >= 15 is 0 Å². The number of aryl methyl sites for hydroxylation is 2. The summed E-state index contributed by atoms with van der Waals surface area (Å²) in [5, 5.41) is 5.53. The molecule has 0 unspecified atom stereocenters. The number of fused-ring (bicyclic) bond motifs is 1. The van der Waals surface area contributed by atoms with Gasteiger partial charge in [0.2, 0.25) is 5.91 Å². The van der Waals surface area contributed by atoms with E-state index in [9.17, 15) is 9.59 Å². The van der Waals surface area contributed by atoms with Crippen LogP contribution in [0.2, 0.25) is 0 Å². The molecule has 1 aliphatic rings. The molecule has 2 amide bonds. The van der Waals surface area contributed by atoms with E-state index in [-0.39, 0.29) is 12.0 Å². The minimum absolute atomic E-state index is 0.0970. The standard InChI is InChI=1S/C18H24N4O3/c1-3-25-18(24)21-11-9-20(10-12-21)17(23)7-8-22-16-6-4-5-14(2)15(16)13-19-22/h4-6,13H,3,7-12H2,1-2H3. The summed E-state index contributed by atoms with van der Waals surface area (Å²) in [5.41, 5.74) is 2.24. The maximum atomic E-state index is 12.4. The number of ether oxygens (including phenoxy) is 1. The Morgan fingerprint density at radius 3 is 2.60 bits per heavy atom. The van der Waals surface area contributed by atoms with Gasteiger partial charge in [0, 0.05) is 38.0 Å². The first-order chi connectivity index (χ1) is 12.1. The van der Waals surface area contributed by atoms with Gasteiger partial charge in [0.1, 0.15) is 0 Å². The van der Waals surface area contributed by atoms with Crippen LogP contribution in [0, 0.1) is 6.92 Å². The van der Waals surface area contributed by atoms with Crippen LogP contribution in [0.3, 0.4) is 0 Å². The van der Waals surface area contributed by atoms with Crippen molar-refractivity contribution in [1.82, 2.24) is 19.6 Å². The predicted octanol–water partition coefficient (Wildman–Crippen LogP) is 2.04. The molecule has 1 aromatic heterocycles. The fourth-order valence-corrected chi connectivity index (χ4v) is 3.14. The van der Waals surface area contributed by atoms with Crippen molar-refractivity contribution in [3.05, 3.63) is 30.0 Å². The van der Waals surface area contributed by atoms with Crippen molar-refractivity contribution in [2.24, 2.45) is 0 Å². The monoisotopic (exact) mass is 344 g/mol. The van der Waals surface area contributed by atoms with Crippen molar-refractivity contribution in [2.75, 3.05) is 32.8 Å². The van der Waals surface area contributed by atoms with E-state index in [1.165, 1.54) is 5.56 Å². The zero-order valence-corrected chi connectivity index (χ0v) is 14.8. The van der Waals surface area contributed by atoms with Gasteiger partial charge < -0.3 is 14.5 Å². The number of aromatic nitrogens is 2. The number of carbonyl (C=O) groups excluding carboxylic acids is 2. The van der Waals surface area contributed by atoms with Gasteiger partial charge in [0.25, 0.3) is 0 Å². The lowest BCUT2D eigenvalue weighted by Gasteiger charge is -2.34. The largest absolute Gasteiger partial charge is 0.450 e. The highest BCUT2D eigenvalue weighted by Gasteiger charge is 2.24. The molecule has 7 heteroatoms. The number of carbonyl (C=O) groups is 2. The molecule has 25 heavy (non-hydrogen) atoms. The van der Waals surface area contributed by atoms with Crippen molar-refractivity contribution in [3.63, 3.8) is 0 Å². The van der Waals surface area contributed by atoms with Gasteiger partial charge in [-0.15, -0.1) is 0 Å².